The van der Waals surface area contributed by atoms with Gasteiger partial charge in [0.15, 0.2) is 11.0 Å². The number of nitrogens with one attached hydrogen (secondary N) is 3. The van der Waals surface area contributed by atoms with Crippen LogP contribution in [0.3, 0.4) is 0 Å². The van der Waals surface area contributed by atoms with Gasteiger partial charge in [0.2, 0.25) is 0 Å². The average molecular weight is 456 g/mol. The first-order valence-corrected chi connectivity index (χ1v) is 11.2. The second-order valence-corrected chi connectivity index (χ2v) is 8.75. The molecule has 1 aromatic carbocycles. The second-order valence-electron chi connectivity index (χ2n) is 7.72. The molecule has 6 aromatic rings. The minimum Gasteiger partial charge on any atom is -0.335 e. The highest BCUT2D eigenvalue weighted by atomic mass is 32.1. The zero-order chi connectivity index (χ0) is 22.4. The van der Waals surface area contributed by atoms with Crippen LogP contribution in [-0.4, -0.2) is 37.2 Å². The van der Waals surface area contributed by atoms with E-state index in [9.17, 15) is 4.39 Å². The number of hydrogen-bond donors (Lipinski definition) is 3. The fourth-order valence-electron chi connectivity index (χ4n) is 4.00. The number of benzene rings is 1. The Morgan fingerprint density at radius 2 is 1.88 bits per heavy atom. The van der Waals surface area contributed by atoms with Crippen LogP contribution in [0.5, 0.6) is 0 Å². The first-order chi connectivity index (χ1) is 16.2. The summed E-state index contributed by atoms with van der Waals surface area (Å²) >= 11 is 1.08. The molecular formula is C24H18FN7S. The van der Waals surface area contributed by atoms with Crippen LogP contribution in [-0.2, 0) is 6.54 Å². The number of halogens is 1. The van der Waals surface area contributed by atoms with Crippen LogP contribution in [0.2, 0.25) is 0 Å². The van der Waals surface area contributed by atoms with Crippen molar-refractivity contribution < 1.29 is 4.39 Å². The summed E-state index contributed by atoms with van der Waals surface area (Å²) in [6.45, 7) is 0.754. The van der Waals surface area contributed by atoms with Gasteiger partial charge in [0.05, 0.1) is 17.2 Å². The van der Waals surface area contributed by atoms with Gasteiger partial charge in [0, 0.05) is 46.5 Å². The molecule has 5 heterocycles. The highest BCUT2D eigenvalue weighted by Gasteiger charge is 2.17. The Balaban J connectivity index is 1.47. The van der Waals surface area contributed by atoms with E-state index in [-0.39, 0.29) is 5.13 Å². The first-order valence-electron chi connectivity index (χ1n) is 10.4. The van der Waals surface area contributed by atoms with Gasteiger partial charge in [0.25, 0.3) is 0 Å². The van der Waals surface area contributed by atoms with E-state index in [0.717, 1.165) is 66.9 Å². The van der Waals surface area contributed by atoms with Gasteiger partial charge in [0.1, 0.15) is 11.2 Å². The van der Waals surface area contributed by atoms with E-state index >= 15 is 0 Å². The molecule has 9 heteroatoms. The van der Waals surface area contributed by atoms with Crippen molar-refractivity contribution in [1.82, 2.24) is 35.5 Å². The zero-order valence-electron chi connectivity index (χ0n) is 17.6. The summed E-state index contributed by atoms with van der Waals surface area (Å²) in [6.07, 6.45) is 7.16. The smallest absolute Gasteiger partial charge is 0.176 e. The third-order valence-electron chi connectivity index (χ3n) is 5.53. The van der Waals surface area contributed by atoms with Gasteiger partial charge in [-0.2, -0.15) is 9.49 Å². The maximum absolute atomic E-state index is 13.6. The molecule has 0 radical (unpaired) electrons. The Labute approximate surface area is 191 Å². The van der Waals surface area contributed by atoms with Crippen LogP contribution in [0.15, 0.2) is 61.2 Å². The standard InChI is InChI=1S/C24H18FN7S/c1-26-8-13-6-15(10-27-9-13)14-2-3-18-16(7-14)23(32-31-18)24-29-19-12-28-11-17(22(19)30-24)20-4-5-21(25)33-20/h2-7,9-12,26H,8H2,1H3,(H,29,30)(H,31,32). The molecular weight excluding hydrogens is 437 g/mol. The fraction of sp³-hybridized carbons (Fsp3) is 0.0833. The van der Waals surface area contributed by atoms with E-state index in [1.807, 2.05) is 25.5 Å². The summed E-state index contributed by atoms with van der Waals surface area (Å²) in [6, 6.07) is 11.5. The number of aromatic amines is 2. The normalized spacial score (nSPS) is 11.6. The summed E-state index contributed by atoms with van der Waals surface area (Å²) in [7, 11) is 1.92. The maximum Gasteiger partial charge on any atom is 0.176 e. The van der Waals surface area contributed by atoms with Crippen LogP contribution in [0.4, 0.5) is 4.39 Å². The highest BCUT2D eigenvalue weighted by molar-refractivity contribution is 7.14. The molecule has 162 valence electrons. The number of pyridine rings is 2. The molecule has 0 atom stereocenters. The second kappa shape index (κ2) is 7.88. The highest BCUT2D eigenvalue weighted by Crippen LogP contribution is 2.34. The van der Waals surface area contributed by atoms with Gasteiger partial charge in [-0.1, -0.05) is 6.07 Å². The Morgan fingerprint density at radius 1 is 0.970 bits per heavy atom. The molecule has 0 bridgehead atoms. The molecule has 0 spiro atoms. The lowest BCUT2D eigenvalue weighted by molar-refractivity contribution is 0.657. The monoisotopic (exact) mass is 455 g/mol. The third-order valence-corrected chi connectivity index (χ3v) is 6.44. The number of imidazole rings is 1. The first kappa shape index (κ1) is 19.7. The Kier molecular flexibility index (Phi) is 4.70. The third kappa shape index (κ3) is 3.47. The van der Waals surface area contributed by atoms with Crippen molar-refractivity contribution in [3.05, 3.63) is 71.9 Å². The van der Waals surface area contributed by atoms with Crippen LogP contribution in [0.25, 0.3) is 55.0 Å². The van der Waals surface area contributed by atoms with Gasteiger partial charge in [-0.15, -0.1) is 11.3 Å². The lowest BCUT2D eigenvalue weighted by Gasteiger charge is -2.05. The van der Waals surface area contributed by atoms with Gasteiger partial charge < -0.3 is 10.3 Å². The number of fused-ring (bicyclic) bond motifs is 2. The number of nitrogens with zero attached hydrogens (tertiary/aromatic N) is 4. The average Bonchev–Trinajstić information content (AvgIpc) is 3.56. The molecule has 0 aliphatic rings. The molecule has 0 aliphatic heterocycles. The van der Waals surface area contributed by atoms with Crippen LogP contribution in [0.1, 0.15) is 5.56 Å². The molecule has 33 heavy (non-hydrogen) atoms. The molecule has 0 fully saturated rings. The largest absolute Gasteiger partial charge is 0.335 e. The molecule has 5 aromatic heterocycles. The molecule has 0 unspecified atom stereocenters. The molecule has 0 saturated heterocycles. The number of H-pyrrole nitrogens is 2. The molecule has 6 rings (SSSR count). The van der Waals surface area contributed by atoms with Crippen molar-refractivity contribution in [2.75, 3.05) is 7.05 Å². The maximum atomic E-state index is 13.6. The molecule has 0 saturated carbocycles. The van der Waals surface area contributed by atoms with E-state index < -0.39 is 0 Å². The lowest BCUT2D eigenvalue weighted by Crippen LogP contribution is -2.05. The summed E-state index contributed by atoms with van der Waals surface area (Å²) in [5.41, 5.74) is 7.11. The van der Waals surface area contributed by atoms with E-state index in [1.165, 1.54) is 6.07 Å². The SMILES string of the molecule is CNCc1cncc(-c2ccc3[nH]nc(-c4nc5c(-c6ccc(F)s6)cncc5[nH]4)c3c2)c1. The van der Waals surface area contributed by atoms with Crippen molar-refractivity contribution in [3.63, 3.8) is 0 Å². The molecule has 3 N–H and O–H groups in total. The van der Waals surface area contributed by atoms with Crippen LogP contribution >= 0.6 is 11.3 Å². The van der Waals surface area contributed by atoms with Gasteiger partial charge in [-0.25, -0.2) is 4.98 Å². The van der Waals surface area contributed by atoms with E-state index in [0.29, 0.717) is 11.5 Å². The summed E-state index contributed by atoms with van der Waals surface area (Å²) in [4.78, 5) is 17.6. The molecule has 7 nitrogen and oxygen atoms in total. The van der Waals surface area contributed by atoms with E-state index in [4.69, 9.17) is 4.98 Å². The van der Waals surface area contributed by atoms with Crippen LogP contribution < -0.4 is 5.32 Å². The van der Waals surface area contributed by atoms with Gasteiger partial charge >= 0.3 is 0 Å². The lowest BCUT2D eigenvalue weighted by atomic mass is 10.0. The summed E-state index contributed by atoms with van der Waals surface area (Å²) in [5.74, 6) is 0.627. The Bertz CT molecular complexity index is 1610. The Morgan fingerprint density at radius 3 is 2.73 bits per heavy atom. The van der Waals surface area contributed by atoms with Crippen molar-refractivity contribution in [1.29, 1.82) is 0 Å². The zero-order valence-corrected chi connectivity index (χ0v) is 18.4. The van der Waals surface area contributed by atoms with Crippen LogP contribution in [0, 0.1) is 5.13 Å². The van der Waals surface area contributed by atoms with E-state index in [2.05, 4.69) is 48.7 Å². The Hall–Kier alpha value is -3.95. The van der Waals surface area contributed by atoms with Gasteiger partial charge in [-0.3, -0.25) is 15.1 Å². The minimum absolute atomic E-state index is 0.239. The molecule has 0 aliphatic carbocycles. The predicted molar refractivity (Wildman–Crippen MR) is 128 cm³/mol. The van der Waals surface area contributed by atoms with Crippen molar-refractivity contribution in [2.24, 2.45) is 0 Å². The van der Waals surface area contributed by atoms with Crippen molar-refractivity contribution >= 4 is 33.3 Å². The van der Waals surface area contributed by atoms with E-state index in [1.54, 1.807) is 18.5 Å². The summed E-state index contributed by atoms with van der Waals surface area (Å²) < 4.78 is 13.6. The minimum atomic E-state index is -0.239. The number of rotatable bonds is 5. The topological polar surface area (TPSA) is 95.2 Å². The molecule has 0 amide bonds. The number of thiophene rings is 1. The number of aromatic nitrogens is 6. The predicted octanol–water partition coefficient (Wildman–Crippen LogP) is 5.15. The number of hydrogen-bond acceptors (Lipinski definition) is 6. The van der Waals surface area contributed by atoms with Gasteiger partial charge in [-0.05, 0) is 48.5 Å². The van der Waals surface area contributed by atoms with Crippen molar-refractivity contribution in [2.45, 2.75) is 6.54 Å². The summed E-state index contributed by atoms with van der Waals surface area (Å²) in [5, 5.41) is 11.5. The van der Waals surface area contributed by atoms with Crippen molar-refractivity contribution in [3.8, 4) is 33.1 Å². The quantitative estimate of drug-likeness (QED) is 0.334. The fourth-order valence-corrected chi connectivity index (χ4v) is 4.75.